The number of nitrogens with one attached hydrogen (secondary N) is 1. The Bertz CT molecular complexity index is 297. The van der Waals surface area contributed by atoms with Crippen molar-refractivity contribution >= 4 is 17.3 Å². The lowest BCUT2D eigenvalue weighted by molar-refractivity contribution is 0.270. The van der Waals surface area contributed by atoms with Gasteiger partial charge in [-0.2, -0.15) is 0 Å². The predicted octanol–water partition coefficient (Wildman–Crippen LogP) is 2.78. The molecule has 0 aromatic carbocycles. The third-order valence-electron chi connectivity index (χ3n) is 5.12. The van der Waals surface area contributed by atoms with E-state index in [1.54, 1.807) is 0 Å². The van der Waals surface area contributed by atoms with Crippen LogP contribution in [0, 0.1) is 17.8 Å². The quantitative estimate of drug-likeness (QED) is 0.723. The molecule has 0 aromatic rings. The third kappa shape index (κ3) is 2.44. The molecule has 0 unspecified atom stereocenters. The zero-order valence-corrected chi connectivity index (χ0v) is 11.6. The van der Waals surface area contributed by atoms with E-state index < -0.39 is 0 Å². The fraction of sp³-hybridized carbons (Fsp3) is 0.929. The van der Waals surface area contributed by atoms with Crippen LogP contribution in [0.25, 0.3) is 0 Å². The van der Waals surface area contributed by atoms with Crippen LogP contribution >= 0.6 is 12.2 Å². The highest BCUT2D eigenvalue weighted by Crippen LogP contribution is 2.44. The fourth-order valence-corrected chi connectivity index (χ4v) is 4.22. The van der Waals surface area contributed by atoms with Crippen molar-refractivity contribution < 1.29 is 0 Å². The van der Waals surface area contributed by atoms with Gasteiger partial charge in [0.15, 0.2) is 5.11 Å². The molecule has 0 spiro atoms. The second-order valence-corrected chi connectivity index (χ2v) is 6.79. The maximum Gasteiger partial charge on any atom is 0.169 e. The minimum Gasteiger partial charge on any atom is -0.360 e. The van der Waals surface area contributed by atoms with Crippen LogP contribution < -0.4 is 5.32 Å². The highest BCUT2D eigenvalue weighted by atomic mass is 32.1. The average Bonchev–Trinajstić information content (AvgIpc) is 2.91. The van der Waals surface area contributed by atoms with Gasteiger partial charge >= 0.3 is 0 Å². The molecule has 3 heteroatoms. The smallest absolute Gasteiger partial charge is 0.169 e. The van der Waals surface area contributed by atoms with Gasteiger partial charge in [0.1, 0.15) is 0 Å². The Kier molecular flexibility index (Phi) is 3.29. The summed E-state index contributed by atoms with van der Waals surface area (Å²) in [7, 11) is 0. The van der Waals surface area contributed by atoms with Gasteiger partial charge in [-0.15, -0.1) is 0 Å². The molecule has 1 heterocycles. The van der Waals surface area contributed by atoms with Crippen molar-refractivity contribution in [2.24, 2.45) is 17.8 Å². The number of piperidine rings is 1. The number of likely N-dealkylation sites (tertiary alicyclic amines) is 1. The zero-order valence-electron chi connectivity index (χ0n) is 10.8. The molecule has 3 fully saturated rings. The molecule has 2 nitrogen and oxygen atoms in total. The van der Waals surface area contributed by atoms with Crippen molar-refractivity contribution in [3.63, 3.8) is 0 Å². The summed E-state index contributed by atoms with van der Waals surface area (Å²) in [5, 5.41) is 4.69. The molecule has 3 atom stereocenters. The number of thiocarbonyl (C=S) groups is 1. The Morgan fingerprint density at radius 2 is 1.88 bits per heavy atom. The van der Waals surface area contributed by atoms with E-state index in [0.717, 1.165) is 36.0 Å². The van der Waals surface area contributed by atoms with Crippen LogP contribution in [-0.4, -0.2) is 29.1 Å². The summed E-state index contributed by atoms with van der Waals surface area (Å²) in [5.41, 5.74) is 0. The molecule has 2 saturated carbocycles. The van der Waals surface area contributed by atoms with Gasteiger partial charge in [-0.05, 0) is 62.1 Å². The van der Waals surface area contributed by atoms with Crippen LogP contribution in [0.2, 0.25) is 0 Å². The lowest BCUT2D eigenvalue weighted by Gasteiger charge is -2.35. The summed E-state index contributed by atoms with van der Waals surface area (Å²) in [6.45, 7) is 4.67. The van der Waals surface area contributed by atoms with Crippen LogP contribution in [-0.2, 0) is 0 Å². The van der Waals surface area contributed by atoms with E-state index >= 15 is 0 Å². The largest absolute Gasteiger partial charge is 0.360 e. The van der Waals surface area contributed by atoms with Crippen LogP contribution in [0.15, 0.2) is 0 Å². The third-order valence-corrected chi connectivity index (χ3v) is 5.49. The molecule has 17 heavy (non-hydrogen) atoms. The summed E-state index contributed by atoms with van der Waals surface area (Å²) < 4.78 is 0. The van der Waals surface area contributed by atoms with Gasteiger partial charge in [-0.3, -0.25) is 0 Å². The monoisotopic (exact) mass is 252 g/mol. The van der Waals surface area contributed by atoms with Gasteiger partial charge in [0.25, 0.3) is 0 Å². The summed E-state index contributed by atoms with van der Waals surface area (Å²) >= 11 is 5.58. The number of fused-ring (bicyclic) bond motifs is 2. The number of nitrogens with zero attached hydrogens (tertiary/aromatic N) is 1. The molecule has 3 rings (SSSR count). The Morgan fingerprint density at radius 1 is 1.12 bits per heavy atom. The van der Waals surface area contributed by atoms with Gasteiger partial charge in [0, 0.05) is 19.1 Å². The highest BCUT2D eigenvalue weighted by Gasteiger charge is 2.40. The van der Waals surface area contributed by atoms with Gasteiger partial charge in [-0.25, -0.2) is 0 Å². The minimum atomic E-state index is 0.695. The second kappa shape index (κ2) is 4.75. The molecule has 0 radical (unpaired) electrons. The number of hydrogen-bond acceptors (Lipinski definition) is 1. The van der Waals surface area contributed by atoms with Gasteiger partial charge < -0.3 is 10.2 Å². The fourth-order valence-electron chi connectivity index (χ4n) is 3.88. The maximum absolute atomic E-state index is 5.58. The summed E-state index contributed by atoms with van der Waals surface area (Å²) in [4.78, 5) is 2.39. The predicted molar refractivity (Wildman–Crippen MR) is 74.9 cm³/mol. The summed E-state index contributed by atoms with van der Waals surface area (Å²) in [6.07, 6.45) is 8.34. The van der Waals surface area contributed by atoms with Crippen molar-refractivity contribution in [2.45, 2.75) is 51.5 Å². The van der Waals surface area contributed by atoms with E-state index in [4.69, 9.17) is 12.2 Å². The molecule has 1 saturated heterocycles. The first-order valence-electron chi connectivity index (χ1n) is 7.28. The van der Waals surface area contributed by atoms with E-state index in [0.29, 0.717) is 6.04 Å². The Morgan fingerprint density at radius 3 is 2.47 bits per heavy atom. The standard InChI is InChI=1S/C14H24N2S/c1-10-4-6-16(7-5-10)14(17)15-13-9-11-2-3-12(13)8-11/h10-13H,2-9H2,1H3,(H,15,17)/t11-,12+,13-/m1/s1. The van der Waals surface area contributed by atoms with Gasteiger partial charge in [-0.1, -0.05) is 13.3 Å². The van der Waals surface area contributed by atoms with Crippen molar-refractivity contribution in [1.29, 1.82) is 0 Å². The first-order chi connectivity index (χ1) is 8.22. The average molecular weight is 252 g/mol. The molecule has 0 amide bonds. The van der Waals surface area contributed by atoms with Gasteiger partial charge in [0.05, 0.1) is 0 Å². The lowest BCUT2D eigenvalue weighted by atomic mass is 9.95. The normalized spacial score (nSPS) is 37.5. The summed E-state index contributed by atoms with van der Waals surface area (Å²) in [5.74, 6) is 2.81. The van der Waals surface area contributed by atoms with Crippen molar-refractivity contribution in [1.82, 2.24) is 10.2 Å². The molecular weight excluding hydrogens is 228 g/mol. The Hall–Kier alpha value is -0.310. The molecular formula is C14H24N2S. The Labute approximate surface area is 110 Å². The molecule has 3 aliphatic rings. The molecule has 2 aliphatic carbocycles. The highest BCUT2D eigenvalue weighted by molar-refractivity contribution is 7.80. The van der Waals surface area contributed by atoms with Crippen LogP contribution in [0.5, 0.6) is 0 Å². The van der Waals surface area contributed by atoms with E-state index in [-0.39, 0.29) is 0 Å². The number of rotatable bonds is 1. The second-order valence-electron chi connectivity index (χ2n) is 6.40. The Balaban J connectivity index is 1.50. The minimum absolute atomic E-state index is 0.695. The zero-order chi connectivity index (χ0) is 11.8. The van der Waals surface area contributed by atoms with Crippen molar-refractivity contribution in [2.75, 3.05) is 13.1 Å². The van der Waals surface area contributed by atoms with Crippen molar-refractivity contribution in [3.8, 4) is 0 Å². The maximum atomic E-state index is 5.58. The van der Waals surface area contributed by atoms with E-state index in [9.17, 15) is 0 Å². The summed E-state index contributed by atoms with van der Waals surface area (Å²) in [6, 6.07) is 0.695. The van der Waals surface area contributed by atoms with Gasteiger partial charge in [0.2, 0.25) is 0 Å². The SMILES string of the molecule is CC1CCN(C(=S)N[C@@H]2C[C@@H]3CC[C@H]2C3)CC1. The van der Waals surface area contributed by atoms with Crippen molar-refractivity contribution in [3.05, 3.63) is 0 Å². The van der Waals surface area contributed by atoms with Crippen LogP contribution in [0.3, 0.4) is 0 Å². The number of hydrogen-bond donors (Lipinski definition) is 1. The first-order valence-corrected chi connectivity index (χ1v) is 7.68. The molecule has 0 aromatic heterocycles. The lowest BCUT2D eigenvalue weighted by Crippen LogP contribution is -2.48. The van der Waals surface area contributed by atoms with E-state index in [1.807, 2.05) is 0 Å². The van der Waals surface area contributed by atoms with E-state index in [1.165, 1.54) is 38.5 Å². The molecule has 1 N–H and O–H groups in total. The molecule has 96 valence electrons. The molecule has 2 bridgehead atoms. The van der Waals surface area contributed by atoms with E-state index in [2.05, 4.69) is 17.1 Å². The first kappa shape index (κ1) is 11.8. The molecule has 1 aliphatic heterocycles. The van der Waals surface area contributed by atoms with Crippen LogP contribution in [0.1, 0.15) is 45.4 Å². The topological polar surface area (TPSA) is 15.3 Å². The van der Waals surface area contributed by atoms with Crippen LogP contribution in [0.4, 0.5) is 0 Å².